The van der Waals surface area contributed by atoms with Crippen LogP contribution in [0.4, 0.5) is 10.1 Å². The number of rotatable bonds is 3. The average Bonchev–Trinajstić information content (AvgIpc) is 2.83. The summed E-state index contributed by atoms with van der Waals surface area (Å²) in [6, 6.07) is 3.77. The van der Waals surface area contributed by atoms with Gasteiger partial charge in [-0.15, -0.1) is 0 Å². The average molecular weight is 288 g/mol. The van der Waals surface area contributed by atoms with E-state index in [9.17, 15) is 14.0 Å². The van der Waals surface area contributed by atoms with Gasteiger partial charge < -0.3 is 15.2 Å². The summed E-state index contributed by atoms with van der Waals surface area (Å²) in [5.74, 6) is -2.13. The molecule has 2 N–H and O–H groups in total. The first-order valence-electron chi connectivity index (χ1n) is 5.61. The summed E-state index contributed by atoms with van der Waals surface area (Å²) in [6.07, 6.45) is -1.15. The van der Waals surface area contributed by atoms with Gasteiger partial charge in [-0.2, -0.15) is 0 Å². The highest BCUT2D eigenvalue weighted by molar-refractivity contribution is 6.31. The fourth-order valence-corrected chi connectivity index (χ4v) is 1.99. The Hall–Kier alpha value is -1.66. The Morgan fingerprint density at radius 1 is 1.37 bits per heavy atom. The minimum Gasteiger partial charge on any atom is -0.479 e. The van der Waals surface area contributed by atoms with E-state index in [1.165, 1.54) is 12.1 Å². The summed E-state index contributed by atoms with van der Waals surface area (Å²) in [7, 11) is 0. The van der Waals surface area contributed by atoms with E-state index in [-0.39, 0.29) is 11.4 Å². The minimum absolute atomic E-state index is 0.103. The largest absolute Gasteiger partial charge is 0.479 e. The SMILES string of the molecule is O=C(Nc1ccc(F)c(Cl)c1)[C@@H]1CC[C@H](C(=O)O)O1. The lowest BCUT2D eigenvalue weighted by atomic mass is 10.2. The first-order valence-corrected chi connectivity index (χ1v) is 5.99. The zero-order valence-corrected chi connectivity index (χ0v) is 10.5. The van der Waals surface area contributed by atoms with Crippen LogP contribution in [-0.2, 0) is 14.3 Å². The summed E-state index contributed by atoms with van der Waals surface area (Å²) in [5, 5.41) is 11.2. The molecule has 0 spiro atoms. The molecule has 2 atom stereocenters. The van der Waals surface area contributed by atoms with Crippen molar-refractivity contribution in [1.82, 2.24) is 0 Å². The van der Waals surface area contributed by atoms with E-state index in [2.05, 4.69) is 5.32 Å². The van der Waals surface area contributed by atoms with Gasteiger partial charge in [-0.25, -0.2) is 9.18 Å². The van der Waals surface area contributed by atoms with Gasteiger partial charge in [0.15, 0.2) is 6.10 Å². The zero-order valence-electron chi connectivity index (χ0n) is 9.73. The van der Waals surface area contributed by atoms with Crippen LogP contribution in [0.2, 0.25) is 5.02 Å². The maximum atomic E-state index is 12.9. The standard InChI is InChI=1S/C12H11ClFNO4/c13-7-5-6(1-2-8(7)14)15-11(16)9-3-4-10(19-9)12(17)18/h1-2,5,9-10H,3-4H2,(H,15,16)(H,17,18)/t9-,10+/m0/s1. The van der Waals surface area contributed by atoms with Crippen LogP contribution in [0.25, 0.3) is 0 Å². The van der Waals surface area contributed by atoms with Crippen molar-refractivity contribution in [2.75, 3.05) is 5.32 Å². The number of hydrogen-bond donors (Lipinski definition) is 2. The van der Waals surface area contributed by atoms with Gasteiger partial charge >= 0.3 is 5.97 Å². The Balaban J connectivity index is 1.98. The van der Waals surface area contributed by atoms with Crippen molar-refractivity contribution in [2.45, 2.75) is 25.0 Å². The molecule has 1 fully saturated rings. The summed E-state index contributed by atoms with van der Waals surface area (Å²) in [5.41, 5.74) is 0.332. The molecule has 1 amide bonds. The van der Waals surface area contributed by atoms with E-state index < -0.39 is 29.9 Å². The number of carbonyl (C=O) groups excluding carboxylic acids is 1. The van der Waals surface area contributed by atoms with Crippen LogP contribution in [-0.4, -0.2) is 29.2 Å². The lowest BCUT2D eigenvalue weighted by Gasteiger charge is -2.12. The first-order chi connectivity index (χ1) is 8.97. The van der Waals surface area contributed by atoms with Gasteiger partial charge in [-0.1, -0.05) is 11.6 Å². The molecule has 1 aromatic carbocycles. The topological polar surface area (TPSA) is 75.6 Å². The van der Waals surface area contributed by atoms with Crippen LogP contribution in [0.1, 0.15) is 12.8 Å². The molecular formula is C12H11ClFNO4. The Morgan fingerprint density at radius 2 is 2.05 bits per heavy atom. The molecule has 2 rings (SSSR count). The quantitative estimate of drug-likeness (QED) is 0.892. The number of ether oxygens (including phenoxy) is 1. The Bertz CT molecular complexity index is 522. The summed E-state index contributed by atoms with van der Waals surface area (Å²) in [6.45, 7) is 0. The fourth-order valence-electron chi connectivity index (χ4n) is 1.81. The monoisotopic (exact) mass is 287 g/mol. The fraction of sp³-hybridized carbons (Fsp3) is 0.333. The number of amides is 1. The first kappa shape index (κ1) is 13.8. The third-order valence-corrected chi connectivity index (χ3v) is 3.06. The van der Waals surface area contributed by atoms with Gasteiger partial charge in [0.1, 0.15) is 11.9 Å². The van der Waals surface area contributed by atoms with E-state index in [0.717, 1.165) is 6.07 Å². The van der Waals surface area contributed by atoms with Crippen molar-refractivity contribution in [3.05, 3.63) is 29.0 Å². The van der Waals surface area contributed by atoms with Gasteiger partial charge in [0, 0.05) is 5.69 Å². The highest BCUT2D eigenvalue weighted by Crippen LogP contribution is 2.23. The summed E-state index contributed by atoms with van der Waals surface area (Å²) in [4.78, 5) is 22.5. The van der Waals surface area contributed by atoms with Crippen molar-refractivity contribution in [3.63, 3.8) is 0 Å². The van der Waals surface area contributed by atoms with E-state index in [1.807, 2.05) is 0 Å². The Kier molecular flexibility index (Phi) is 4.01. The van der Waals surface area contributed by atoms with E-state index in [0.29, 0.717) is 12.1 Å². The lowest BCUT2D eigenvalue weighted by Crippen LogP contribution is -2.29. The van der Waals surface area contributed by atoms with E-state index in [1.54, 1.807) is 0 Å². The highest BCUT2D eigenvalue weighted by atomic mass is 35.5. The van der Waals surface area contributed by atoms with Crippen molar-refractivity contribution >= 4 is 29.2 Å². The predicted octanol–water partition coefficient (Wildman–Crippen LogP) is 2.05. The molecule has 1 aliphatic heterocycles. The lowest BCUT2D eigenvalue weighted by molar-refractivity contribution is -0.150. The number of halogens is 2. The number of benzene rings is 1. The molecule has 1 aromatic rings. The van der Waals surface area contributed by atoms with Crippen molar-refractivity contribution < 1.29 is 23.8 Å². The number of nitrogens with one attached hydrogen (secondary N) is 1. The molecule has 1 aliphatic rings. The highest BCUT2D eigenvalue weighted by Gasteiger charge is 2.34. The molecule has 0 aromatic heterocycles. The molecule has 0 aliphatic carbocycles. The second-order valence-electron chi connectivity index (χ2n) is 4.15. The van der Waals surface area contributed by atoms with Crippen molar-refractivity contribution in [2.24, 2.45) is 0 Å². The van der Waals surface area contributed by atoms with E-state index >= 15 is 0 Å². The third kappa shape index (κ3) is 3.21. The Morgan fingerprint density at radius 3 is 2.63 bits per heavy atom. The molecule has 19 heavy (non-hydrogen) atoms. The number of aliphatic carboxylic acids is 1. The number of carbonyl (C=O) groups is 2. The minimum atomic E-state index is -1.08. The molecule has 1 heterocycles. The van der Waals surface area contributed by atoms with Crippen LogP contribution in [0.3, 0.4) is 0 Å². The van der Waals surface area contributed by atoms with Gasteiger partial charge in [0.05, 0.1) is 5.02 Å². The van der Waals surface area contributed by atoms with Crippen molar-refractivity contribution in [3.8, 4) is 0 Å². The summed E-state index contributed by atoms with van der Waals surface area (Å²) >= 11 is 5.59. The maximum absolute atomic E-state index is 12.9. The van der Waals surface area contributed by atoms with Gasteiger partial charge in [0.2, 0.25) is 0 Å². The number of carboxylic acids is 1. The van der Waals surface area contributed by atoms with Gasteiger partial charge in [-0.05, 0) is 31.0 Å². The molecular weight excluding hydrogens is 277 g/mol. The van der Waals surface area contributed by atoms with Crippen LogP contribution >= 0.6 is 11.6 Å². The third-order valence-electron chi connectivity index (χ3n) is 2.77. The molecule has 0 bridgehead atoms. The number of carboxylic acid groups (broad SMARTS) is 1. The van der Waals surface area contributed by atoms with Crippen LogP contribution < -0.4 is 5.32 Å². The van der Waals surface area contributed by atoms with Crippen LogP contribution in [0, 0.1) is 5.82 Å². The van der Waals surface area contributed by atoms with Crippen molar-refractivity contribution in [1.29, 1.82) is 0 Å². The molecule has 0 saturated carbocycles. The van der Waals surface area contributed by atoms with Crippen LogP contribution in [0.5, 0.6) is 0 Å². The molecule has 5 nitrogen and oxygen atoms in total. The second-order valence-corrected chi connectivity index (χ2v) is 4.55. The molecule has 102 valence electrons. The summed E-state index contributed by atoms with van der Waals surface area (Å²) < 4.78 is 18.0. The van der Waals surface area contributed by atoms with E-state index in [4.69, 9.17) is 21.4 Å². The molecule has 7 heteroatoms. The zero-order chi connectivity index (χ0) is 14.0. The number of hydrogen-bond acceptors (Lipinski definition) is 3. The second kappa shape index (κ2) is 5.54. The van der Waals surface area contributed by atoms with Gasteiger partial charge in [0.25, 0.3) is 5.91 Å². The van der Waals surface area contributed by atoms with Crippen LogP contribution in [0.15, 0.2) is 18.2 Å². The smallest absolute Gasteiger partial charge is 0.332 e. The van der Waals surface area contributed by atoms with Gasteiger partial charge in [-0.3, -0.25) is 4.79 Å². The molecule has 1 saturated heterocycles. The number of anilines is 1. The maximum Gasteiger partial charge on any atom is 0.332 e. The predicted molar refractivity (Wildman–Crippen MR) is 65.6 cm³/mol. The molecule has 0 unspecified atom stereocenters. The normalized spacial score (nSPS) is 22.2. The Labute approximate surface area is 113 Å². The molecule has 0 radical (unpaired) electrons.